The molecule has 3 heterocycles. The minimum Gasteiger partial charge on any atom is -0.486 e. The van der Waals surface area contributed by atoms with Crippen molar-refractivity contribution in [1.29, 1.82) is 0 Å². The van der Waals surface area contributed by atoms with Gasteiger partial charge in [-0.05, 0) is 24.3 Å². The minimum absolute atomic E-state index is 0.0360. The molecule has 1 fully saturated rings. The Labute approximate surface area is 198 Å². The van der Waals surface area contributed by atoms with Gasteiger partial charge in [-0.25, -0.2) is 0 Å². The number of hydrogen-bond acceptors (Lipinski definition) is 7. The third-order valence-electron chi connectivity index (χ3n) is 6.54. The fourth-order valence-corrected chi connectivity index (χ4v) is 4.85. The Bertz CT molecular complexity index is 1280. The van der Waals surface area contributed by atoms with Gasteiger partial charge >= 0.3 is 0 Å². The molecule has 174 valence electrons. The first-order valence-corrected chi connectivity index (χ1v) is 11.0. The molecule has 5 rings (SSSR count). The molecular weight excluding hydrogens is 466 g/mol. The molecule has 0 saturated carbocycles. The van der Waals surface area contributed by atoms with Crippen molar-refractivity contribution in [3.63, 3.8) is 0 Å². The number of ketones is 1. The lowest BCUT2D eigenvalue weighted by molar-refractivity contribution is -0.384. The molecule has 2 aromatic carbocycles. The number of hydrogen-bond donors (Lipinski definition) is 0. The Hall–Kier alpha value is -3.79. The van der Waals surface area contributed by atoms with E-state index in [1.165, 1.54) is 11.0 Å². The molecule has 3 aliphatic heterocycles. The van der Waals surface area contributed by atoms with Crippen LogP contribution in [0.5, 0.6) is 5.75 Å². The highest BCUT2D eigenvalue weighted by molar-refractivity contribution is 6.31. The number of nitro benzene ring substituents is 1. The van der Waals surface area contributed by atoms with Crippen molar-refractivity contribution in [3.05, 3.63) is 68.2 Å². The third-order valence-corrected chi connectivity index (χ3v) is 6.77. The lowest BCUT2D eigenvalue weighted by atomic mass is 9.82. The number of likely N-dealkylation sites (tertiary alicyclic amines) is 1. The number of halogens is 1. The molecule has 0 atom stereocenters. The first-order chi connectivity index (χ1) is 16.2. The Morgan fingerprint density at radius 3 is 2.44 bits per heavy atom. The minimum atomic E-state index is -0.734. The highest BCUT2D eigenvalue weighted by atomic mass is 35.5. The summed E-state index contributed by atoms with van der Waals surface area (Å²) in [5.74, 6) is -1.41. The van der Waals surface area contributed by atoms with E-state index in [9.17, 15) is 29.3 Å². The van der Waals surface area contributed by atoms with E-state index in [-0.39, 0.29) is 29.0 Å². The van der Waals surface area contributed by atoms with Crippen molar-refractivity contribution in [2.45, 2.75) is 24.9 Å². The number of nitrogens with zero attached hydrogens (tertiary/aromatic N) is 3. The number of rotatable bonds is 3. The molecule has 0 N–H and O–H groups in total. The molecule has 11 heteroatoms. The molecule has 34 heavy (non-hydrogen) atoms. The van der Waals surface area contributed by atoms with E-state index < -0.39 is 34.8 Å². The average molecular weight is 484 g/mol. The van der Waals surface area contributed by atoms with Crippen LogP contribution in [0, 0.1) is 10.1 Å². The van der Waals surface area contributed by atoms with Gasteiger partial charge in [-0.15, -0.1) is 0 Å². The smallest absolute Gasteiger partial charge is 0.270 e. The predicted octanol–water partition coefficient (Wildman–Crippen LogP) is 2.87. The van der Waals surface area contributed by atoms with Gasteiger partial charge in [-0.3, -0.25) is 34.2 Å². The molecule has 0 radical (unpaired) electrons. The fraction of sp³-hybridized carbons (Fsp3) is 0.304. The SMILES string of the molecule is O=C1CC2(CCN(C(=O)CN3C(=O)c4ccc([N+](=O)[O-])cc4C3=O)CC2)Oc2ccc(Cl)cc21. The fourth-order valence-electron chi connectivity index (χ4n) is 4.68. The maximum Gasteiger partial charge on any atom is 0.270 e. The summed E-state index contributed by atoms with van der Waals surface area (Å²) >= 11 is 5.98. The van der Waals surface area contributed by atoms with Gasteiger partial charge in [-0.1, -0.05) is 11.6 Å². The van der Waals surface area contributed by atoms with E-state index >= 15 is 0 Å². The summed E-state index contributed by atoms with van der Waals surface area (Å²) in [6.07, 6.45) is 1.02. The van der Waals surface area contributed by atoms with Crippen molar-refractivity contribution >= 4 is 40.8 Å². The van der Waals surface area contributed by atoms with Gasteiger partial charge < -0.3 is 9.64 Å². The van der Waals surface area contributed by atoms with Crippen molar-refractivity contribution < 1.29 is 28.8 Å². The van der Waals surface area contributed by atoms with Crippen LogP contribution >= 0.6 is 11.6 Å². The number of amides is 3. The number of piperidine rings is 1. The quantitative estimate of drug-likeness (QED) is 0.373. The third kappa shape index (κ3) is 3.60. The maximum atomic E-state index is 12.9. The summed E-state index contributed by atoms with van der Waals surface area (Å²) in [5, 5.41) is 11.4. The Balaban J connectivity index is 1.25. The Morgan fingerprint density at radius 1 is 1.03 bits per heavy atom. The first-order valence-electron chi connectivity index (χ1n) is 10.6. The van der Waals surface area contributed by atoms with Crippen molar-refractivity contribution in [1.82, 2.24) is 9.80 Å². The summed E-state index contributed by atoms with van der Waals surface area (Å²) in [5.41, 5.74) is -0.627. The number of non-ortho nitro benzene ring substituents is 1. The highest BCUT2D eigenvalue weighted by Crippen LogP contribution is 2.40. The lowest BCUT2D eigenvalue weighted by Crippen LogP contribution is -2.54. The summed E-state index contributed by atoms with van der Waals surface area (Å²) in [4.78, 5) is 63.5. The number of benzene rings is 2. The summed E-state index contributed by atoms with van der Waals surface area (Å²) in [7, 11) is 0. The first kappa shape index (κ1) is 22.0. The van der Waals surface area contributed by atoms with Crippen LogP contribution in [-0.4, -0.2) is 63.5 Å². The molecule has 3 aliphatic rings. The Morgan fingerprint density at radius 2 is 1.74 bits per heavy atom. The Kier molecular flexibility index (Phi) is 5.12. The van der Waals surface area contributed by atoms with E-state index in [1.54, 1.807) is 18.2 Å². The van der Waals surface area contributed by atoms with Crippen LogP contribution < -0.4 is 4.74 Å². The van der Waals surface area contributed by atoms with E-state index in [0.717, 1.165) is 17.0 Å². The number of nitro groups is 1. The van der Waals surface area contributed by atoms with Crippen LogP contribution in [0.4, 0.5) is 5.69 Å². The van der Waals surface area contributed by atoms with Crippen LogP contribution in [0.3, 0.4) is 0 Å². The van der Waals surface area contributed by atoms with Crippen molar-refractivity contribution in [2.24, 2.45) is 0 Å². The molecule has 1 spiro atoms. The van der Waals surface area contributed by atoms with Crippen LogP contribution in [-0.2, 0) is 4.79 Å². The van der Waals surface area contributed by atoms with E-state index in [4.69, 9.17) is 16.3 Å². The number of carbonyl (C=O) groups excluding carboxylic acids is 4. The van der Waals surface area contributed by atoms with Gasteiger partial charge in [0, 0.05) is 43.1 Å². The van der Waals surface area contributed by atoms with E-state index in [1.807, 2.05) is 0 Å². The monoisotopic (exact) mass is 483 g/mol. The predicted molar refractivity (Wildman–Crippen MR) is 118 cm³/mol. The van der Waals surface area contributed by atoms with Crippen LogP contribution in [0.1, 0.15) is 50.3 Å². The van der Waals surface area contributed by atoms with Crippen LogP contribution in [0.15, 0.2) is 36.4 Å². The zero-order chi connectivity index (χ0) is 24.2. The van der Waals surface area contributed by atoms with Gasteiger partial charge in [0.25, 0.3) is 17.5 Å². The molecule has 10 nitrogen and oxygen atoms in total. The average Bonchev–Trinajstić information content (AvgIpc) is 3.04. The van der Waals surface area contributed by atoms with Gasteiger partial charge in [0.05, 0.1) is 28.0 Å². The van der Waals surface area contributed by atoms with Gasteiger partial charge in [0.1, 0.15) is 17.9 Å². The van der Waals surface area contributed by atoms with Gasteiger partial charge in [0.2, 0.25) is 5.91 Å². The number of fused-ring (bicyclic) bond motifs is 2. The van der Waals surface area contributed by atoms with Gasteiger partial charge in [0.15, 0.2) is 5.78 Å². The molecular formula is C23H18ClN3O7. The van der Waals surface area contributed by atoms with Crippen molar-refractivity contribution in [2.75, 3.05) is 19.6 Å². The van der Waals surface area contributed by atoms with E-state index in [2.05, 4.69) is 0 Å². The number of imide groups is 1. The zero-order valence-corrected chi connectivity index (χ0v) is 18.5. The lowest BCUT2D eigenvalue weighted by Gasteiger charge is -2.44. The summed E-state index contributed by atoms with van der Waals surface area (Å²) < 4.78 is 6.16. The molecule has 3 amide bonds. The molecule has 0 aromatic heterocycles. The van der Waals surface area contributed by atoms with Crippen LogP contribution in [0.25, 0.3) is 0 Å². The summed E-state index contributed by atoms with van der Waals surface area (Å²) in [6, 6.07) is 8.33. The van der Waals surface area contributed by atoms with Gasteiger partial charge in [-0.2, -0.15) is 0 Å². The highest BCUT2D eigenvalue weighted by Gasteiger charge is 2.45. The number of Topliss-reactive ketones (excluding diaryl/α,β-unsaturated/α-hetero) is 1. The van der Waals surface area contributed by atoms with E-state index in [0.29, 0.717) is 42.3 Å². The second-order valence-electron chi connectivity index (χ2n) is 8.59. The van der Waals surface area contributed by atoms with Crippen molar-refractivity contribution in [3.8, 4) is 5.75 Å². The molecule has 0 aliphatic carbocycles. The molecule has 0 bridgehead atoms. The zero-order valence-electron chi connectivity index (χ0n) is 17.8. The largest absolute Gasteiger partial charge is 0.486 e. The molecule has 1 saturated heterocycles. The summed E-state index contributed by atoms with van der Waals surface area (Å²) in [6.45, 7) is 0.127. The normalized spacial score (nSPS) is 18.6. The second-order valence-corrected chi connectivity index (χ2v) is 9.03. The molecule has 0 unspecified atom stereocenters. The topological polar surface area (TPSA) is 127 Å². The molecule has 2 aromatic rings. The maximum absolute atomic E-state index is 12.9. The second kappa shape index (κ2) is 7.91. The standard InChI is InChI=1S/C23H18ClN3O7/c24-13-1-4-19-17(9-13)18(28)11-23(34-19)5-7-25(8-6-23)20(29)12-26-21(30)15-3-2-14(27(32)33)10-16(15)22(26)31/h1-4,9-10H,5-8,11-12H2. The van der Waals surface area contributed by atoms with Crippen LogP contribution in [0.2, 0.25) is 5.02 Å². The number of carbonyl (C=O) groups is 4. The number of ether oxygens (including phenoxy) is 1.